The summed E-state index contributed by atoms with van der Waals surface area (Å²) in [5.74, 6) is 3.02. The SMILES string of the molecule is Cc1nc2ccc(-c3cnc(-c4ccc5nc(C6CCCCN6C(=O)C(c6ccccc6)N(C)C)[nH]c5c4)o3)cc2[nH]1. The molecule has 2 unspecified atom stereocenters. The van der Waals surface area contributed by atoms with Crippen molar-refractivity contribution in [1.29, 1.82) is 0 Å². The van der Waals surface area contributed by atoms with Crippen LogP contribution in [0.15, 0.2) is 77.3 Å². The number of piperidine rings is 1. The predicted octanol–water partition coefficient (Wildman–Crippen LogP) is 6.43. The molecule has 1 fully saturated rings. The second kappa shape index (κ2) is 10.6. The third kappa shape index (κ3) is 4.75. The van der Waals surface area contributed by atoms with Gasteiger partial charge >= 0.3 is 0 Å². The Morgan fingerprint density at radius 1 is 0.952 bits per heavy atom. The van der Waals surface area contributed by atoms with Crippen LogP contribution in [0.5, 0.6) is 0 Å². The number of aromatic amines is 2. The van der Waals surface area contributed by atoms with Gasteiger partial charge in [-0.25, -0.2) is 15.0 Å². The molecule has 1 aliphatic heterocycles. The van der Waals surface area contributed by atoms with Crippen molar-refractivity contribution in [2.24, 2.45) is 0 Å². The minimum absolute atomic E-state index is 0.104. The van der Waals surface area contributed by atoms with Crippen LogP contribution in [0.4, 0.5) is 0 Å². The second-order valence-electron chi connectivity index (χ2n) is 11.3. The van der Waals surface area contributed by atoms with Crippen LogP contribution < -0.4 is 0 Å². The summed E-state index contributed by atoms with van der Waals surface area (Å²) in [5.41, 5.74) is 6.42. The summed E-state index contributed by atoms with van der Waals surface area (Å²) in [6.07, 6.45) is 4.66. The Hall–Kier alpha value is -4.76. The van der Waals surface area contributed by atoms with E-state index in [0.717, 1.165) is 69.7 Å². The summed E-state index contributed by atoms with van der Waals surface area (Å²) >= 11 is 0. The summed E-state index contributed by atoms with van der Waals surface area (Å²) in [6, 6.07) is 21.5. The highest BCUT2D eigenvalue weighted by atomic mass is 16.4. The Morgan fingerprint density at radius 3 is 2.50 bits per heavy atom. The average molecular weight is 560 g/mol. The van der Waals surface area contributed by atoms with E-state index in [9.17, 15) is 4.79 Å². The molecule has 9 heteroatoms. The van der Waals surface area contributed by atoms with Gasteiger partial charge in [0, 0.05) is 17.7 Å². The Labute approximate surface area is 243 Å². The van der Waals surface area contributed by atoms with Gasteiger partial charge in [0.15, 0.2) is 5.76 Å². The van der Waals surface area contributed by atoms with Crippen molar-refractivity contribution in [3.05, 3.63) is 90.1 Å². The molecule has 0 spiro atoms. The quantitative estimate of drug-likeness (QED) is 0.244. The predicted molar refractivity (Wildman–Crippen MR) is 163 cm³/mol. The molecule has 0 aliphatic carbocycles. The van der Waals surface area contributed by atoms with Gasteiger partial charge in [-0.3, -0.25) is 9.69 Å². The van der Waals surface area contributed by atoms with E-state index >= 15 is 0 Å². The number of nitrogens with one attached hydrogen (secondary N) is 2. The monoisotopic (exact) mass is 559 g/mol. The highest BCUT2D eigenvalue weighted by molar-refractivity contribution is 5.85. The smallest absolute Gasteiger partial charge is 0.245 e. The molecule has 3 aromatic carbocycles. The molecular formula is C33H33N7O2. The number of fused-ring (bicyclic) bond motifs is 2. The number of likely N-dealkylation sites (tertiary alicyclic amines) is 1. The zero-order valence-electron chi connectivity index (χ0n) is 24.0. The van der Waals surface area contributed by atoms with E-state index in [1.54, 1.807) is 6.20 Å². The maximum atomic E-state index is 14.0. The number of H-pyrrole nitrogens is 2. The number of rotatable bonds is 6. The van der Waals surface area contributed by atoms with Gasteiger partial charge in [0.2, 0.25) is 11.8 Å². The van der Waals surface area contributed by atoms with Crippen molar-refractivity contribution < 1.29 is 9.21 Å². The van der Waals surface area contributed by atoms with E-state index < -0.39 is 0 Å². The van der Waals surface area contributed by atoms with Gasteiger partial charge in [-0.2, -0.15) is 0 Å². The van der Waals surface area contributed by atoms with Crippen LogP contribution in [0.25, 0.3) is 44.8 Å². The molecule has 0 bridgehead atoms. The number of aromatic nitrogens is 5. The fraction of sp³-hybridized carbons (Fsp3) is 0.273. The molecule has 1 amide bonds. The molecular weight excluding hydrogens is 526 g/mol. The van der Waals surface area contributed by atoms with Gasteiger partial charge in [-0.05, 0) is 82.2 Å². The standard InChI is InChI=1S/C33H33N7O2/c1-20-35-24-14-12-22(17-26(24)36-20)29-19-34-32(42-29)23-13-15-25-27(18-23)38-31(37-25)28-11-7-8-16-40(28)33(41)30(39(2)3)21-9-5-4-6-10-21/h4-6,9-10,12-15,17-19,28,30H,7-8,11,16H2,1-3H3,(H,35,36)(H,37,38). The van der Waals surface area contributed by atoms with E-state index in [1.165, 1.54) is 0 Å². The summed E-state index contributed by atoms with van der Waals surface area (Å²) < 4.78 is 6.19. The number of hydrogen-bond acceptors (Lipinski definition) is 6. The number of likely N-dealkylation sites (N-methyl/N-ethyl adjacent to an activating group) is 1. The van der Waals surface area contributed by atoms with Crippen molar-refractivity contribution in [2.75, 3.05) is 20.6 Å². The van der Waals surface area contributed by atoms with Crippen LogP contribution in [-0.4, -0.2) is 61.3 Å². The van der Waals surface area contributed by atoms with Crippen molar-refractivity contribution in [3.63, 3.8) is 0 Å². The lowest BCUT2D eigenvalue weighted by atomic mass is 9.98. The second-order valence-corrected chi connectivity index (χ2v) is 11.3. The first kappa shape index (κ1) is 26.2. The highest BCUT2D eigenvalue weighted by Gasteiger charge is 2.35. The number of aryl methyl sites for hydroxylation is 1. The van der Waals surface area contributed by atoms with Crippen LogP contribution >= 0.6 is 0 Å². The lowest BCUT2D eigenvalue weighted by molar-refractivity contribution is -0.140. The largest absolute Gasteiger partial charge is 0.436 e. The number of carbonyl (C=O) groups is 1. The topological polar surface area (TPSA) is 107 Å². The lowest BCUT2D eigenvalue weighted by Crippen LogP contribution is -2.45. The number of amides is 1. The van der Waals surface area contributed by atoms with Crippen LogP contribution in [0.3, 0.4) is 0 Å². The molecule has 0 saturated carbocycles. The minimum Gasteiger partial charge on any atom is -0.436 e. The Bertz CT molecular complexity index is 1880. The third-order valence-corrected chi connectivity index (χ3v) is 8.10. The molecule has 1 saturated heterocycles. The Balaban J connectivity index is 1.17. The minimum atomic E-state index is -0.347. The van der Waals surface area contributed by atoms with Gasteiger partial charge in [-0.15, -0.1) is 0 Å². The summed E-state index contributed by atoms with van der Waals surface area (Å²) in [4.78, 5) is 38.8. The van der Waals surface area contributed by atoms with Crippen LogP contribution in [-0.2, 0) is 4.79 Å². The molecule has 2 N–H and O–H groups in total. The zero-order valence-corrected chi connectivity index (χ0v) is 24.0. The van der Waals surface area contributed by atoms with E-state index in [4.69, 9.17) is 9.40 Å². The molecule has 42 heavy (non-hydrogen) atoms. The Kier molecular flexibility index (Phi) is 6.59. The Morgan fingerprint density at radius 2 is 1.69 bits per heavy atom. The van der Waals surface area contributed by atoms with E-state index in [0.29, 0.717) is 18.2 Å². The maximum Gasteiger partial charge on any atom is 0.245 e. The molecule has 212 valence electrons. The zero-order chi connectivity index (χ0) is 28.8. The van der Waals surface area contributed by atoms with Crippen molar-refractivity contribution >= 4 is 28.0 Å². The normalized spacial score (nSPS) is 16.5. The molecule has 0 radical (unpaired) electrons. The van der Waals surface area contributed by atoms with Crippen LogP contribution in [0.2, 0.25) is 0 Å². The number of benzene rings is 3. The van der Waals surface area contributed by atoms with Gasteiger partial charge in [0.05, 0.1) is 34.3 Å². The molecule has 4 heterocycles. The molecule has 3 aromatic heterocycles. The first-order valence-electron chi connectivity index (χ1n) is 14.4. The highest BCUT2D eigenvalue weighted by Crippen LogP contribution is 2.35. The van der Waals surface area contributed by atoms with Gasteiger partial charge in [-0.1, -0.05) is 30.3 Å². The number of oxazole rings is 1. The van der Waals surface area contributed by atoms with Gasteiger partial charge in [0.25, 0.3) is 0 Å². The first-order chi connectivity index (χ1) is 20.4. The number of carbonyl (C=O) groups excluding carboxylic acids is 1. The fourth-order valence-corrected chi connectivity index (χ4v) is 6.09. The first-order valence-corrected chi connectivity index (χ1v) is 14.4. The molecule has 2 atom stereocenters. The number of imidazole rings is 2. The lowest BCUT2D eigenvalue weighted by Gasteiger charge is -2.38. The molecule has 7 rings (SSSR count). The van der Waals surface area contributed by atoms with E-state index in [2.05, 4.69) is 19.9 Å². The summed E-state index contributed by atoms with van der Waals surface area (Å²) in [7, 11) is 3.92. The fourth-order valence-electron chi connectivity index (χ4n) is 6.09. The summed E-state index contributed by atoms with van der Waals surface area (Å²) in [6.45, 7) is 2.66. The van der Waals surface area contributed by atoms with Crippen LogP contribution in [0.1, 0.15) is 48.6 Å². The molecule has 1 aliphatic rings. The molecule has 6 aromatic rings. The number of nitrogens with zero attached hydrogens (tertiary/aromatic N) is 5. The van der Waals surface area contributed by atoms with E-state index in [-0.39, 0.29) is 18.0 Å². The maximum absolute atomic E-state index is 14.0. The third-order valence-electron chi connectivity index (χ3n) is 8.10. The van der Waals surface area contributed by atoms with Crippen LogP contribution in [0, 0.1) is 6.92 Å². The number of hydrogen-bond donors (Lipinski definition) is 2. The van der Waals surface area contributed by atoms with Crippen molar-refractivity contribution in [3.8, 4) is 22.8 Å². The van der Waals surface area contributed by atoms with E-state index in [1.807, 2.05) is 97.5 Å². The van der Waals surface area contributed by atoms with Crippen molar-refractivity contribution in [1.82, 2.24) is 34.7 Å². The summed E-state index contributed by atoms with van der Waals surface area (Å²) in [5, 5.41) is 0. The van der Waals surface area contributed by atoms with Gasteiger partial charge < -0.3 is 19.3 Å². The molecule has 9 nitrogen and oxygen atoms in total. The average Bonchev–Trinajstić information content (AvgIpc) is 3.74. The van der Waals surface area contributed by atoms with Gasteiger partial charge in [0.1, 0.15) is 17.7 Å². The van der Waals surface area contributed by atoms with Crippen molar-refractivity contribution in [2.45, 2.75) is 38.3 Å².